The van der Waals surface area contributed by atoms with Crippen LogP contribution in [0.2, 0.25) is 5.02 Å². The fraction of sp³-hybridized carbons (Fsp3) is 0.214. The van der Waals surface area contributed by atoms with E-state index in [4.69, 9.17) is 17.3 Å². The van der Waals surface area contributed by atoms with Crippen LogP contribution in [0.25, 0.3) is 0 Å². The van der Waals surface area contributed by atoms with Crippen molar-refractivity contribution >= 4 is 11.6 Å². The van der Waals surface area contributed by atoms with Gasteiger partial charge in [0, 0.05) is 34.9 Å². The maximum Gasteiger partial charge on any atom is 0.129 e. The van der Waals surface area contributed by atoms with Gasteiger partial charge in [-0.3, -0.25) is 4.98 Å². The molecule has 4 heteroatoms. The molecule has 2 aromatic rings. The predicted octanol–water partition coefficient (Wildman–Crippen LogP) is 3.43. The Balaban J connectivity index is 2.22. The number of aryl methyl sites for hydroxylation is 1. The largest absolute Gasteiger partial charge is 0.324 e. The van der Waals surface area contributed by atoms with E-state index in [-0.39, 0.29) is 5.82 Å². The normalized spacial score (nSPS) is 12.4. The van der Waals surface area contributed by atoms with Crippen molar-refractivity contribution in [3.05, 3.63) is 64.2 Å². The van der Waals surface area contributed by atoms with Gasteiger partial charge in [0.2, 0.25) is 0 Å². The SMILES string of the molecule is Cc1cccnc1CC(N)c1ccc(Cl)cc1F. The van der Waals surface area contributed by atoms with Crippen LogP contribution in [-0.2, 0) is 6.42 Å². The average Bonchev–Trinajstić information content (AvgIpc) is 2.32. The van der Waals surface area contributed by atoms with Gasteiger partial charge in [-0.25, -0.2) is 4.39 Å². The number of nitrogens with two attached hydrogens (primary N) is 1. The average molecular weight is 265 g/mol. The maximum atomic E-state index is 13.7. The third kappa shape index (κ3) is 2.86. The van der Waals surface area contributed by atoms with Crippen LogP contribution in [-0.4, -0.2) is 4.98 Å². The number of hydrogen-bond donors (Lipinski definition) is 1. The lowest BCUT2D eigenvalue weighted by Crippen LogP contribution is -2.16. The summed E-state index contributed by atoms with van der Waals surface area (Å²) in [6.45, 7) is 1.97. The van der Waals surface area contributed by atoms with Crippen molar-refractivity contribution in [2.24, 2.45) is 5.73 Å². The zero-order valence-corrected chi connectivity index (χ0v) is 10.8. The van der Waals surface area contributed by atoms with E-state index in [1.165, 1.54) is 6.07 Å². The molecule has 1 atom stereocenters. The molecule has 2 rings (SSSR count). The molecule has 0 radical (unpaired) electrons. The molecule has 0 bridgehead atoms. The van der Waals surface area contributed by atoms with Crippen LogP contribution in [0, 0.1) is 12.7 Å². The second-order valence-electron chi connectivity index (χ2n) is 4.24. The lowest BCUT2D eigenvalue weighted by Gasteiger charge is -2.14. The molecule has 0 aliphatic carbocycles. The van der Waals surface area contributed by atoms with E-state index >= 15 is 0 Å². The van der Waals surface area contributed by atoms with Gasteiger partial charge in [-0.15, -0.1) is 0 Å². The van der Waals surface area contributed by atoms with E-state index in [1.807, 2.05) is 19.1 Å². The van der Waals surface area contributed by atoms with E-state index in [1.54, 1.807) is 18.3 Å². The molecule has 0 spiro atoms. The summed E-state index contributed by atoms with van der Waals surface area (Å²) in [5.41, 5.74) is 8.43. The van der Waals surface area contributed by atoms with Gasteiger partial charge >= 0.3 is 0 Å². The summed E-state index contributed by atoms with van der Waals surface area (Å²) in [5, 5.41) is 0.373. The van der Waals surface area contributed by atoms with Crippen LogP contribution >= 0.6 is 11.6 Å². The van der Waals surface area contributed by atoms with Gasteiger partial charge in [0.15, 0.2) is 0 Å². The number of rotatable bonds is 3. The minimum atomic E-state index is -0.420. The molecular weight excluding hydrogens is 251 g/mol. The molecule has 1 unspecified atom stereocenters. The van der Waals surface area contributed by atoms with E-state index < -0.39 is 6.04 Å². The molecule has 0 aliphatic heterocycles. The first-order valence-corrected chi connectivity index (χ1v) is 6.06. The van der Waals surface area contributed by atoms with Crippen LogP contribution in [0.1, 0.15) is 22.9 Å². The molecule has 0 saturated heterocycles. The summed E-state index contributed by atoms with van der Waals surface area (Å²) < 4.78 is 13.7. The summed E-state index contributed by atoms with van der Waals surface area (Å²) in [4.78, 5) is 4.26. The van der Waals surface area contributed by atoms with E-state index in [0.717, 1.165) is 11.3 Å². The highest BCUT2D eigenvalue weighted by molar-refractivity contribution is 6.30. The van der Waals surface area contributed by atoms with Crippen LogP contribution < -0.4 is 5.73 Å². The molecule has 2 N–H and O–H groups in total. The van der Waals surface area contributed by atoms with Crippen molar-refractivity contribution < 1.29 is 4.39 Å². The maximum absolute atomic E-state index is 13.7. The van der Waals surface area contributed by atoms with Crippen LogP contribution in [0.5, 0.6) is 0 Å². The Bertz CT molecular complexity index is 557. The Morgan fingerprint density at radius 2 is 2.17 bits per heavy atom. The zero-order valence-electron chi connectivity index (χ0n) is 10.0. The van der Waals surface area contributed by atoms with E-state index in [2.05, 4.69) is 4.98 Å². The number of nitrogens with zero attached hydrogens (tertiary/aromatic N) is 1. The van der Waals surface area contributed by atoms with Crippen LogP contribution in [0.15, 0.2) is 36.5 Å². The van der Waals surface area contributed by atoms with Gasteiger partial charge in [-0.1, -0.05) is 23.7 Å². The topological polar surface area (TPSA) is 38.9 Å². The highest BCUT2D eigenvalue weighted by Gasteiger charge is 2.14. The number of aromatic nitrogens is 1. The third-order valence-corrected chi connectivity index (χ3v) is 3.13. The smallest absolute Gasteiger partial charge is 0.129 e. The molecule has 1 aromatic carbocycles. The summed E-state index contributed by atoms with van der Waals surface area (Å²) in [6, 6.07) is 7.96. The first kappa shape index (κ1) is 13.0. The Hall–Kier alpha value is -1.45. The molecule has 18 heavy (non-hydrogen) atoms. The molecular formula is C14H14ClFN2. The van der Waals surface area contributed by atoms with Gasteiger partial charge in [0.25, 0.3) is 0 Å². The van der Waals surface area contributed by atoms with E-state index in [0.29, 0.717) is 17.0 Å². The van der Waals surface area contributed by atoms with E-state index in [9.17, 15) is 4.39 Å². The van der Waals surface area contributed by atoms with Gasteiger partial charge in [0.1, 0.15) is 5.82 Å². The number of pyridine rings is 1. The lowest BCUT2D eigenvalue weighted by atomic mass is 10.00. The highest BCUT2D eigenvalue weighted by atomic mass is 35.5. The first-order valence-electron chi connectivity index (χ1n) is 5.69. The number of halogens is 2. The van der Waals surface area contributed by atoms with Crippen molar-refractivity contribution in [1.29, 1.82) is 0 Å². The summed E-state index contributed by atoms with van der Waals surface area (Å²) >= 11 is 5.71. The highest BCUT2D eigenvalue weighted by Crippen LogP contribution is 2.22. The Kier molecular flexibility index (Phi) is 3.94. The summed E-state index contributed by atoms with van der Waals surface area (Å²) in [6.07, 6.45) is 2.22. The number of hydrogen-bond acceptors (Lipinski definition) is 2. The third-order valence-electron chi connectivity index (χ3n) is 2.89. The monoisotopic (exact) mass is 264 g/mol. The Morgan fingerprint density at radius 1 is 1.39 bits per heavy atom. The second kappa shape index (κ2) is 5.46. The predicted molar refractivity (Wildman–Crippen MR) is 71.0 cm³/mol. The minimum absolute atomic E-state index is 0.372. The molecule has 0 amide bonds. The summed E-state index contributed by atoms with van der Waals surface area (Å²) in [7, 11) is 0. The summed E-state index contributed by atoms with van der Waals surface area (Å²) in [5.74, 6) is -0.372. The van der Waals surface area contributed by atoms with Crippen LogP contribution in [0.3, 0.4) is 0 Å². The lowest BCUT2D eigenvalue weighted by molar-refractivity contribution is 0.577. The number of benzene rings is 1. The molecule has 2 nitrogen and oxygen atoms in total. The molecule has 0 aliphatic rings. The van der Waals surface area contributed by atoms with Crippen molar-refractivity contribution in [2.75, 3.05) is 0 Å². The fourth-order valence-corrected chi connectivity index (χ4v) is 2.01. The first-order chi connectivity index (χ1) is 8.58. The molecule has 0 saturated carbocycles. The Labute approximate surface area is 111 Å². The molecule has 1 heterocycles. The Morgan fingerprint density at radius 3 is 2.83 bits per heavy atom. The molecule has 0 fully saturated rings. The van der Waals surface area contributed by atoms with Crippen molar-refractivity contribution in [3.63, 3.8) is 0 Å². The second-order valence-corrected chi connectivity index (χ2v) is 4.68. The van der Waals surface area contributed by atoms with Crippen molar-refractivity contribution in [2.45, 2.75) is 19.4 Å². The molecule has 1 aromatic heterocycles. The van der Waals surface area contributed by atoms with Crippen LogP contribution in [0.4, 0.5) is 4.39 Å². The van der Waals surface area contributed by atoms with Gasteiger partial charge < -0.3 is 5.73 Å². The zero-order chi connectivity index (χ0) is 13.1. The standard InChI is InChI=1S/C14H14ClFN2/c1-9-3-2-6-18-14(9)8-13(17)11-5-4-10(15)7-12(11)16/h2-7,13H,8,17H2,1H3. The quantitative estimate of drug-likeness (QED) is 0.923. The fourth-order valence-electron chi connectivity index (χ4n) is 1.85. The van der Waals surface area contributed by atoms with Crippen molar-refractivity contribution in [3.8, 4) is 0 Å². The molecule has 94 valence electrons. The van der Waals surface area contributed by atoms with Crippen molar-refractivity contribution in [1.82, 2.24) is 4.98 Å². The minimum Gasteiger partial charge on any atom is -0.324 e. The van der Waals surface area contributed by atoms with Gasteiger partial charge in [-0.2, -0.15) is 0 Å². The van der Waals surface area contributed by atoms with Gasteiger partial charge in [-0.05, 0) is 30.7 Å². The van der Waals surface area contributed by atoms with Gasteiger partial charge in [0.05, 0.1) is 0 Å².